The van der Waals surface area contributed by atoms with Crippen LogP contribution in [0.3, 0.4) is 0 Å². The van der Waals surface area contributed by atoms with Gasteiger partial charge in [0.25, 0.3) is 5.91 Å². The Hall–Kier alpha value is -3.45. The third-order valence-corrected chi connectivity index (χ3v) is 5.61. The Labute approximate surface area is 181 Å². The maximum Gasteiger partial charge on any atom is 0.253 e. The topological polar surface area (TPSA) is 94.1 Å². The molecule has 0 spiro atoms. The van der Waals surface area contributed by atoms with E-state index >= 15 is 0 Å². The molecule has 7 nitrogen and oxygen atoms in total. The molecule has 0 bridgehead atoms. The summed E-state index contributed by atoms with van der Waals surface area (Å²) in [6.07, 6.45) is 4.44. The minimum atomic E-state index is -0.0687. The summed E-state index contributed by atoms with van der Waals surface area (Å²) in [6.45, 7) is 11.2. The molecule has 7 heteroatoms. The molecule has 3 heterocycles. The van der Waals surface area contributed by atoms with Crippen molar-refractivity contribution in [2.24, 2.45) is 0 Å². The lowest BCUT2D eigenvalue weighted by atomic mass is 9.94. The molecule has 0 aliphatic carbocycles. The number of anilines is 1. The maximum absolute atomic E-state index is 12.5. The molecule has 31 heavy (non-hydrogen) atoms. The summed E-state index contributed by atoms with van der Waals surface area (Å²) in [6, 6.07) is 7.76. The minimum Gasteiger partial charge on any atom is -0.395 e. The van der Waals surface area contributed by atoms with E-state index in [1.807, 2.05) is 42.2 Å². The highest BCUT2D eigenvalue weighted by Crippen LogP contribution is 2.34. The van der Waals surface area contributed by atoms with Crippen molar-refractivity contribution in [3.63, 3.8) is 0 Å². The molecule has 0 saturated heterocycles. The van der Waals surface area contributed by atoms with Crippen molar-refractivity contribution in [3.8, 4) is 11.3 Å². The van der Waals surface area contributed by atoms with Crippen LogP contribution < -0.4 is 10.2 Å². The molecule has 160 valence electrons. The van der Waals surface area contributed by atoms with Crippen LogP contribution in [-0.2, 0) is 0 Å². The van der Waals surface area contributed by atoms with Crippen LogP contribution in [0.25, 0.3) is 22.3 Å². The lowest BCUT2D eigenvalue weighted by Crippen LogP contribution is -2.34. The van der Waals surface area contributed by atoms with Gasteiger partial charge < -0.3 is 20.3 Å². The average Bonchev–Trinajstić information content (AvgIpc) is 3.21. The Bertz CT molecular complexity index is 1150. The van der Waals surface area contributed by atoms with E-state index in [1.54, 1.807) is 6.08 Å². The number of aliphatic hydroxyl groups is 1. The van der Waals surface area contributed by atoms with E-state index in [9.17, 15) is 9.90 Å². The smallest absolute Gasteiger partial charge is 0.253 e. The van der Waals surface area contributed by atoms with Crippen LogP contribution in [0.15, 0.2) is 49.6 Å². The first kappa shape index (κ1) is 20.8. The fraction of sp³-hybridized carbons (Fsp3) is 0.292. The number of aryl methyl sites for hydroxylation is 1. The van der Waals surface area contributed by atoms with Gasteiger partial charge in [-0.2, -0.15) is 0 Å². The van der Waals surface area contributed by atoms with Crippen molar-refractivity contribution in [3.05, 3.63) is 66.5 Å². The first-order valence-electron chi connectivity index (χ1n) is 10.4. The molecule has 1 amide bonds. The number of nitrogens with zero attached hydrogens (tertiary/aromatic N) is 3. The van der Waals surface area contributed by atoms with E-state index in [0.29, 0.717) is 31.0 Å². The standard InChI is InChI=1S/C24H27N5O2/c1-4-7-16-14-25-24(31)18-13-20(27-21(16)18)17-8-6-9-19-22(17)28-23(15(3)26-19)29(10-5-2)11-12-30/h4-6,8-9,13,16,27,30H,1-2,7,10-12,14H2,3H3,(H,25,31)/t16-/m0/s1. The van der Waals surface area contributed by atoms with Gasteiger partial charge in [0.05, 0.1) is 23.4 Å². The minimum absolute atomic E-state index is 0.0117. The summed E-state index contributed by atoms with van der Waals surface area (Å²) >= 11 is 0. The van der Waals surface area contributed by atoms with Crippen LogP contribution in [0.5, 0.6) is 0 Å². The maximum atomic E-state index is 12.5. The number of para-hydroxylation sites is 1. The number of aromatic nitrogens is 3. The van der Waals surface area contributed by atoms with Gasteiger partial charge in [0.15, 0.2) is 5.82 Å². The predicted molar refractivity (Wildman–Crippen MR) is 123 cm³/mol. The number of aromatic amines is 1. The van der Waals surface area contributed by atoms with Gasteiger partial charge in [-0.05, 0) is 25.5 Å². The molecule has 4 rings (SSSR count). The van der Waals surface area contributed by atoms with Gasteiger partial charge in [-0.1, -0.05) is 24.3 Å². The number of H-pyrrole nitrogens is 1. The van der Waals surface area contributed by atoms with Gasteiger partial charge in [-0.3, -0.25) is 4.79 Å². The number of carbonyl (C=O) groups excluding carboxylic acids is 1. The molecule has 1 aromatic carbocycles. The average molecular weight is 418 g/mol. The highest BCUT2D eigenvalue weighted by molar-refractivity contribution is 6.00. The number of allylic oxidation sites excluding steroid dienone is 1. The van der Waals surface area contributed by atoms with Crippen LogP contribution in [-0.4, -0.2) is 52.2 Å². The summed E-state index contributed by atoms with van der Waals surface area (Å²) < 4.78 is 0. The molecular formula is C24H27N5O2. The van der Waals surface area contributed by atoms with Crippen molar-refractivity contribution in [1.82, 2.24) is 20.3 Å². The Morgan fingerprint density at radius 2 is 2.10 bits per heavy atom. The normalized spacial score (nSPS) is 15.4. The van der Waals surface area contributed by atoms with E-state index in [0.717, 1.165) is 40.1 Å². The van der Waals surface area contributed by atoms with Crippen LogP contribution in [0.2, 0.25) is 0 Å². The molecule has 0 saturated carbocycles. The number of amides is 1. The lowest BCUT2D eigenvalue weighted by Gasteiger charge is -2.23. The van der Waals surface area contributed by atoms with Crippen molar-refractivity contribution in [2.45, 2.75) is 19.3 Å². The molecule has 0 radical (unpaired) electrons. The van der Waals surface area contributed by atoms with E-state index in [4.69, 9.17) is 9.97 Å². The zero-order chi connectivity index (χ0) is 22.0. The molecule has 1 aliphatic rings. The van der Waals surface area contributed by atoms with Gasteiger partial charge >= 0.3 is 0 Å². The van der Waals surface area contributed by atoms with Gasteiger partial charge in [-0.15, -0.1) is 13.2 Å². The SMILES string of the molecule is C=CC[C@H]1CNC(=O)c2cc(-c3cccc4nc(C)c(N(CC=C)CCO)nc34)[nH]c21. The second kappa shape index (κ2) is 8.73. The second-order valence-corrected chi connectivity index (χ2v) is 7.71. The number of nitrogens with one attached hydrogen (secondary N) is 2. The molecule has 2 aromatic heterocycles. The first-order chi connectivity index (χ1) is 15.1. The zero-order valence-electron chi connectivity index (χ0n) is 17.7. The molecule has 3 N–H and O–H groups in total. The Balaban J connectivity index is 1.86. The number of hydrogen-bond donors (Lipinski definition) is 3. The van der Waals surface area contributed by atoms with Crippen molar-refractivity contribution in [2.75, 3.05) is 31.1 Å². The van der Waals surface area contributed by atoms with Crippen LogP contribution >= 0.6 is 0 Å². The molecule has 1 aliphatic heterocycles. The van der Waals surface area contributed by atoms with E-state index in [-0.39, 0.29) is 18.4 Å². The Morgan fingerprint density at radius 3 is 2.84 bits per heavy atom. The third kappa shape index (κ3) is 3.84. The van der Waals surface area contributed by atoms with E-state index < -0.39 is 0 Å². The number of carbonyl (C=O) groups is 1. The van der Waals surface area contributed by atoms with Crippen molar-refractivity contribution >= 4 is 22.8 Å². The summed E-state index contributed by atoms with van der Waals surface area (Å²) in [5.41, 5.74) is 5.63. The molecular weight excluding hydrogens is 390 g/mol. The summed E-state index contributed by atoms with van der Waals surface area (Å²) in [5, 5.41) is 12.4. The van der Waals surface area contributed by atoms with Gasteiger partial charge in [0.1, 0.15) is 5.52 Å². The fourth-order valence-electron chi connectivity index (χ4n) is 4.17. The monoisotopic (exact) mass is 417 g/mol. The number of benzene rings is 1. The van der Waals surface area contributed by atoms with Crippen molar-refractivity contribution in [1.29, 1.82) is 0 Å². The van der Waals surface area contributed by atoms with Gasteiger partial charge in [0.2, 0.25) is 0 Å². The summed E-state index contributed by atoms with van der Waals surface area (Å²) in [5.74, 6) is 0.818. The highest BCUT2D eigenvalue weighted by Gasteiger charge is 2.28. The zero-order valence-corrected chi connectivity index (χ0v) is 17.7. The largest absolute Gasteiger partial charge is 0.395 e. The highest BCUT2D eigenvalue weighted by atomic mass is 16.3. The number of rotatable bonds is 8. The third-order valence-electron chi connectivity index (χ3n) is 5.61. The van der Waals surface area contributed by atoms with Crippen LogP contribution in [0.4, 0.5) is 5.82 Å². The Kier molecular flexibility index (Phi) is 5.86. The van der Waals surface area contributed by atoms with E-state index in [1.165, 1.54) is 0 Å². The fourth-order valence-corrected chi connectivity index (χ4v) is 4.17. The number of aliphatic hydroxyl groups excluding tert-OH is 1. The molecule has 1 atom stereocenters. The summed E-state index contributed by atoms with van der Waals surface area (Å²) in [7, 11) is 0. The quantitative estimate of drug-likeness (QED) is 0.489. The van der Waals surface area contributed by atoms with Crippen LogP contribution in [0, 0.1) is 6.92 Å². The molecule has 0 fully saturated rings. The molecule has 3 aromatic rings. The second-order valence-electron chi connectivity index (χ2n) is 7.71. The predicted octanol–water partition coefficient (Wildman–Crippen LogP) is 3.32. The summed E-state index contributed by atoms with van der Waals surface area (Å²) in [4.78, 5) is 27.6. The van der Waals surface area contributed by atoms with Crippen LogP contribution in [0.1, 0.15) is 34.1 Å². The number of fused-ring (bicyclic) bond motifs is 2. The number of hydrogen-bond acceptors (Lipinski definition) is 5. The van der Waals surface area contributed by atoms with E-state index in [2.05, 4.69) is 23.5 Å². The lowest BCUT2D eigenvalue weighted by molar-refractivity contribution is 0.0940. The van der Waals surface area contributed by atoms with Gasteiger partial charge in [0, 0.05) is 42.5 Å². The van der Waals surface area contributed by atoms with Gasteiger partial charge in [-0.25, -0.2) is 9.97 Å². The molecule has 0 unspecified atom stereocenters. The Morgan fingerprint density at radius 1 is 1.26 bits per heavy atom. The van der Waals surface area contributed by atoms with Crippen molar-refractivity contribution < 1.29 is 9.90 Å². The first-order valence-corrected chi connectivity index (χ1v) is 10.4.